The first-order chi connectivity index (χ1) is 10.4. The lowest BCUT2D eigenvalue weighted by Gasteiger charge is -2.41. The average Bonchev–Trinajstić information content (AvgIpc) is 2.40. The second kappa shape index (κ2) is 7.34. The maximum atomic E-state index is 12.0. The zero-order valence-electron chi connectivity index (χ0n) is 12.2. The molecule has 2 N–H and O–H groups in total. The smallest absolute Gasteiger partial charge is 0.305 e. The van der Waals surface area contributed by atoms with Crippen molar-refractivity contribution in [1.29, 1.82) is 0 Å². The molecule has 0 atom stereocenters. The van der Waals surface area contributed by atoms with Gasteiger partial charge in [-0.1, -0.05) is 29.3 Å². The quantitative estimate of drug-likeness (QED) is 0.790. The van der Waals surface area contributed by atoms with E-state index >= 15 is 0 Å². The van der Waals surface area contributed by atoms with Crippen LogP contribution in [0.2, 0.25) is 10.0 Å². The van der Waals surface area contributed by atoms with E-state index in [1.54, 1.807) is 12.1 Å². The summed E-state index contributed by atoms with van der Waals surface area (Å²) in [5.74, 6) is -0.947. The van der Waals surface area contributed by atoms with E-state index < -0.39 is 11.5 Å². The van der Waals surface area contributed by atoms with Crippen molar-refractivity contribution in [2.45, 2.75) is 50.5 Å². The van der Waals surface area contributed by atoms with Gasteiger partial charge in [-0.15, -0.1) is 0 Å². The van der Waals surface area contributed by atoms with Gasteiger partial charge < -0.3 is 10.4 Å². The highest BCUT2D eigenvalue weighted by atomic mass is 35.5. The fraction of sp³-hybridized carbons (Fsp3) is 0.500. The molecule has 22 heavy (non-hydrogen) atoms. The number of nitrogens with one attached hydrogen (secondary N) is 1. The van der Waals surface area contributed by atoms with Crippen LogP contribution in [0.3, 0.4) is 0 Å². The minimum Gasteiger partial charge on any atom is -0.481 e. The lowest BCUT2D eigenvalue weighted by Crippen LogP contribution is -2.54. The fourth-order valence-corrected chi connectivity index (χ4v) is 3.07. The Labute approximate surface area is 139 Å². The maximum Gasteiger partial charge on any atom is 0.305 e. The van der Waals surface area contributed by atoms with Crippen molar-refractivity contribution < 1.29 is 14.7 Å². The molecule has 2 rings (SSSR count). The van der Waals surface area contributed by atoms with Crippen LogP contribution in [-0.4, -0.2) is 22.5 Å². The lowest BCUT2D eigenvalue weighted by molar-refractivity contribution is -0.140. The molecule has 0 aliphatic heterocycles. The molecule has 1 amide bonds. The molecule has 6 heteroatoms. The molecule has 1 aliphatic rings. The molecular weight excluding hydrogens is 325 g/mol. The largest absolute Gasteiger partial charge is 0.481 e. The van der Waals surface area contributed by atoms with Crippen molar-refractivity contribution in [2.75, 3.05) is 0 Å². The van der Waals surface area contributed by atoms with Crippen molar-refractivity contribution in [1.82, 2.24) is 5.32 Å². The molecule has 0 unspecified atom stereocenters. The number of carboxylic acids is 1. The summed E-state index contributed by atoms with van der Waals surface area (Å²) in [5, 5.41) is 12.9. The van der Waals surface area contributed by atoms with Crippen LogP contribution >= 0.6 is 23.2 Å². The van der Waals surface area contributed by atoms with Gasteiger partial charge in [0.05, 0.1) is 22.0 Å². The first-order valence-electron chi connectivity index (χ1n) is 7.37. The van der Waals surface area contributed by atoms with E-state index in [0.29, 0.717) is 22.9 Å². The van der Waals surface area contributed by atoms with E-state index in [9.17, 15) is 9.59 Å². The van der Waals surface area contributed by atoms with E-state index in [0.717, 1.165) is 31.2 Å². The van der Waals surface area contributed by atoms with Gasteiger partial charge in [-0.3, -0.25) is 9.59 Å². The zero-order chi connectivity index (χ0) is 16.2. The van der Waals surface area contributed by atoms with Crippen molar-refractivity contribution in [3.8, 4) is 0 Å². The topological polar surface area (TPSA) is 66.4 Å². The molecule has 4 nitrogen and oxygen atoms in total. The van der Waals surface area contributed by atoms with Gasteiger partial charge in [-0.05, 0) is 49.8 Å². The van der Waals surface area contributed by atoms with Gasteiger partial charge in [-0.25, -0.2) is 0 Å². The minimum atomic E-state index is -0.865. The van der Waals surface area contributed by atoms with Gasteiger partial charge in [0.1, 0.15) is 0 Å². The molecule has 0 heterocycles. The third-order valence-electron chi connectivity index (χ3n) is 4.06. The highest BCUT2D eigenvalue weighted by Crippen LogP contribution is 2.35. The summed E-state index contributed by atoms with van der Waals surface area (Å²) < 4.78 is 0. The van der Waals surface area contributed by atoms with Gasteiger partial charge in [0.25, 0.3) is 0 Å². The van der Waals surface area contributed by atoms with Crippen molar-refractivity contribution in [3.05, 3.63) is 33.8 Å². The van der Waals surface area contributed by atoms with Gasteiger partial charge in [0.15, 0.2) is 0 Å². The first-order valence-corrected chi connectivity index (χ1v) is 8.13. The SMILES string of the molecule is O=C(O)CC1(NC(=O)CCCc2ccc(Cl)c(Cl)c2)CCC1. The molecule has 1 saturated carbocycles. The van der Waals surface area contributed by atoms with Crippen LogP contribution in [0, 0.1) is 0 Å². The molecule has 0 aromatic heterocycles. The molecule has 0 spiro atoms. The van der Waals surface area contributed by atoms with Crippen LogP contribution in [-0.2, 0) is 16.0 Å². The van der Waals surface area contributed by atoms with Crippen LogP contribution < -0.4 is 5.32 Å². The monoisotopic (exact) mass is 343 g/mol. The predicted octanol–water partition coefficient (Wildman–Crippen LogP) is 3.83. The lowest BCUT2D eigenvalue weighted by atomic mass is 9.74. The third kappa shape index (κ3) is 4.62. The van der Waals surface area contributed by atoms with Crippen LogP contribution in [0.4, 0.5) is 0 Å². The number of carbonyl (C=O) groups is 2. The van der Waals surface area contributed by atoms with Crippen LogP contribution in [0.1, 0.15) is 44.1 Å². The number of benzene rings is 1. The Morgan fingerprint density at radius 1 is 1.23 bits per heavy atom. The number of aryl methyl sites for hydroxylation is 1. The number of carboxylic acid groups (broad SMARTS) is 1. The molecule has 1 aromatic rings. The molecule has 1 aromatic carbocycles. The summed E-state index contributed by atoms with van der Waals surface area (Å²) in [6.45, 7) is 0. The maximum absolute atomic E-state index is 12.0. The Morgan fingerprint density at radius 2 is 1.95 bits per heavy atom. The summed E-state index contributed by atoms with van der Waals surface area (Å²) in [6, 6.07) is 5.44. The van der Waals surface area contributed by atoms with Crippen LogP contribution in [0.25, 0.3) is 0 Å². The van der Waals surface area contributed by atoms with Crippen LogP contribution in [0.5, 0.6) is 0 Å². The van der Waals surface area contributed by atoms with E-state index in [1.807, 2.05) is 6.07 Å². The molecule has 1 aliphatic carbocycles. The number of rotatable bonds is 7. The van der Waals surface area contributed by atoms with E-state index in [2.05, 4.69) is 5.32 Å². The summed E-state index contributed by atoms with van der Waals surface area (Å²) >= 11 is 11.8. The van der Waals surface area contributed by atoms with E-state index in [1.165, 1.54) is 0 Å². The van der Waals surface area contributed by atoms with Gasteiger partial charge in [-0.2, -0.15) is 0 Å². The summed E-state index contributed by atoms with van der Waals surface area (Å²) in [7, 11) is 0. The standard InChI is InChI=1S/C16H19Cl2NO3/c17-12-6-5-11(9-13(12)18)3-1-4-14(20)19-16(7-2-8-16)10-15(21)22/h5-6,9H,1-4,7-8,10H2,(H,19,20)(H,21,22). The molecule has 0 bridgehead atoms. The predicted molar refractivity (Wildman–Crippen MR) is 86.4 cm³/mol. The number of halogens is 2. The van der Waals surface area contributed by atoms with Crippen molar-refractivity contribution in [3.63, 3.8) is 0 Å². The molecule has 120 valence electrons. The highest BCUT2D eigenvalue weighted by Gasteiger charge is 2.40. The van der Waals surface area contributed by atoms with Gasteiger partial charge >= 0.3 is 5.97 Å². The summed E-state index contributed by atoms with van der Waals surface area (Å²) in [4.78, 5) is 22.9. The van der Waals surface area contributed by atoms with E-state index in [-0.39, 0.29) is 12.3 Å². The molecule has 0 saturated heterocycles. The first kappa shape index (κ1) is 17.1. The Morgan fingerprint density at radius 3 is 2.50 bits per heavy atom. The Hall–Kier alpha value is -1.26. The fourth-order valence-electron chi connectivity index (χ4n) is 2.75. The summed E-state index contributed by atoms with van der Waals surface area (Å²) in [6.07, 6.45) is 4.27. The summed E-state index contributed by atoms with van der Waals surface area (Å²) in [5.41, 5.74) is 0.512. The van der Waals surface area contributed by atoms with Crippen LogP contribution in [0.15, 0.2) is 18.2 Å². The minimum absolute atomic E-state index is 0.00549. The number of amides is 1. The Bertz CT molecular complexity index is 571. The zero-order valence-corrected chi connectivity index (χ0v) is 13.7. The number of hydrogen-bond acceptors (Lipinski definition) is 2. The van der Waals surface area contributed by atoms with Crippen molar-refractivity contribution >= 4 is 35.1 Å². The molecule has 1 fully saturated rings. The normalized spacial score (nSPS) is 15.9. The Balaban J connectivity index is 1.77. The number of carbonyl (C=O) groups excluding carboxylic acids is 1. The Kier molecular flexibility index (Phi) is 5.70. The third-order valence-corrected chi connectivity index (χ3v) is 4.80. The molecule has 0 radical (unpaired) electrons. The second-order valence-corrected chi connectivity index (χ2v) is 6.67. The van der Waals surface area contributed by atoms with Crippen molar-refractivity contribution in [2.24, 2.45) is 0 Å². The van der Waals surface area contributed by atoms with Gasteiger partial charge in [0.2, 0.25) is 5.91 Å². The number of aliphatic carboxylic acids is 1. The highest BCUT2D eigenvalue weighted by molar-refractivity contribution is 6.42. The average molecular weight is 344 g/mol. The van der Waals surface area contributed by atoms with E-state index in [4.69, 9.17) is 28.3 Å². The van der Waals surface area contributed by atoms with Gasteiger partial charge in [0, 0.05) is 6.42 Å². The molecular formula is C16H19Cl2NO3. The number of hydrogen-bond donors (Lipinski definition) is 2. The second-order valence-electron chi connectivity index (χ2n) is 5.85.